The van der Waals surface area contributed by atoms with Gasteiger partial charge < -0.3 is 39.7 Å². The molecule has 9 atom stereocenters. The van der Waals surface area contributed by atoms with Gasteiger partial charge in [0.05, 0.1) is 29.8 Å². The van der Waals surface area contributed by atoms with Crippen LogP contribution in [0.15, 0.2) is 41.5 Å². The molecule has 3 aliphatic carbocycles. The number of hydrogen-bond donors (Lipinski definition) is 5. The molecule has 0 spiro atoms. The maximum atomic E-state index is 14.2. The Bertz CT molecular complexity index is 1290. The van der Waals surface area contributed by atoms with Gasteiger partial charge in [0.1, 0.15) is 23.9 Å². The summed E-state index contributed by atoms with van der Waals surface area (Å²) in [5.41, 5.74) is -10.6. The van der Waals surface area contributed by atoms with Gasteiger partial charge in [-0.1, -0.05) is 32.0 Å². The fourth-order valence-corrected chi connectivity index (χ4v) is 7.82. The Morgan fingerprint density at radius 3 is 2.23 bits per heavy atom. The first-order valence-electron chi connectivity index (χ1n) is 13.3. The highest BCUT2D eigenvalue weighted by atomic mass is 16.6. The van der Waals surface area contributed by atoms with E-state index in [1.54, 1.807) is 18.2 Å². The number of aliphatic hydroxyl groups is 5. The summed E-state index contributed by atoms with van der Waals surface area (Å²) in [4.78, 5) is 40.4. The first-order chi connectivity index (χ1) is 18.5. The zero-order valence-corrected chi connectivity index (χ0v) is 23.1. The van der Waals surface area contributed by atoms with Crippen molar-refractivity contribution in [1.29, 1.82) is 0 Å². The molecule has 1 aromatic carbocycles. The summed E-state index contributed by atoms with van der Waals surface area (Å²) < 4.78 is 17.6. The summed E-state index contributed by atoms with van der Waals surface area (Å²) in [6, 6.07) is 7.83. The van der Waals surface area contributed by atoms with Gasteiger partial charge >= 0.3 is 11.9 Å². The molecular weight excluding hydrogens is 524 g/mol. The molecule has 2 bridgehead atoms. The van der Waals surface area contributed by atoms with Crippen LogP contribution in [0, 0.1) is 10.8 Å². The highest BCUT2D eigenvalue weighted by Crippen LogP contribution is 2.66. The van der Waals surface area contributed by atoms with E-state index in [2.05, 4.69) is 0 Å². The molecule has 0 aromatic heterocycles. The molecular formula is C29H36O11. The Kier molecular flexibility index (Phi) is 6.43. The lowest BCUT2D eigenvalue weighted by Crippen LogP contribution is -2.89. The van der Waals surface area contributed by atoms with Crippen molar-refractivity contribution < 1.29 is 54.1 Å². The molecule has 1 aromatic rings. The highest BCUT2D eigenvalue weighted by Gasteiger charge is 2.84. The number of benzene rings is 1. The highest BCUT2D eigenvalue weighted by molar-refractivity contribution is 5.97. The van der Waals surface area contributed by atoms with E-state index in [4.69, 9.17) is 14.2 Å². The fraction of sp³-hybridized carbons (Fsp3) is 0.621. The summed E-state index contributed by atoms with van der Waals surface area (Å²) in [5.74, 6) is -2.97. The van der Waals surface area contributed by atoms with Crippen LogP contribution in [0.1, 0.15) is 57.8 Å². The van der Waals surface area contributed by atoms with E-state index in [-0.39, 0.29) is 29.7 Å². The van der Waals surface area contributed by atoms with Gasteiger partial charge in [-0.15, -0.1) is 0 Å². The Balaban J connectivity index is 1.87. The van der Waals surface area contributed by atoms with Gasteiger partial charge in [-0.3, -0.25) is 9.59 Å². The van der Waals surface area contributed by atoms with Gasteiger partial charge in [0.2, 0.25) is 0 Å². The van der Waals surface area contributed by atoms with Crippen LogP contribution < -0.4 is 0 Å². The monoisotopic (exact) mass is 560 g/mol. The first kappa shape index (κ1) is 28.8. The minimum Gasteiger partial charge on any atom is -0.455 e. The number of carbonyl (C=O) groups excluding carboxylic acids is 3. The second-order valence-corrected chi connectivity index (χ2v) is 12.3. The van der Waals surface area contributed by atoms with Gasteiger partial charge in [0.25, 0.3) is 0 Å². The second kappa shape index (κ2) is 8.91. The largest absolute Gasteiger partial charge is 0.455 e. The molecule has 5 rings (SSSR count). The van der Waals surface area contributed by atoms with Crippen LogP contribution in [0.25, 0.3) is 0 Å². The van der Waals surface area contributed by atoms with Crippen molar-refractivity contribution in [1.82, 2.24) is 0 Å². The van der Waals surface area contributed by atoms with Crippen LogP contribution in [0.2, 0.25) is 0 Å². The average molecular weight is 561 g/mol. The van der Waals surface area contributed by atoms with Crippen molar-refractivity contribution in [2.45, 2.75) is 94.8 Å². The minimum atomic E-state index is -2.90. The van der Waals surface area contributed by atoms with Crippen molar-refractivity contribution in [3.05, 3.63) is 47.0 Å². The van der Waals surface area contributed by atoms with Gasteiger partial charge in [0.15, 0.2) is 17.0 Å². The van der Waals surface area contributed by atoms with E-state index in [1.165, 1.54) is 39.8 Å². The Morgan fingerprint density at radius 2 is 1.68 bits per heavy atom. The van der Waals surface area contributed by atoms with E-state index >= 15 is 0 Å². The lowest BCUT2D eigenvalue weighted by atomic mass is 9.41. The van der Waals surface area contributed by atoms with Crippen molar-refractivity contribution in [2.24, 2.45) is 10.8 Å². The van der Waals surface area contributed by atoms with Crippen molar-refractivity contribution in [3.63, 3.8) is 0 Å². The summed E-state index contributed by atoms with van der Waals surface area (Å²) in [5, 5.41) is 59.1. The van der Waals surface area contributed by atoms with Gasteiger partial charge in [-0.05, 0) is 37.1 Å². The first-order valence-corrected chi connectivity index (χ1v) is 13.3. The fourth-order valence-electron chi connectivity index (χ4n) is 7.82. The van der Waals surface area contributed by atoms with Crippen LogP contribution in [-0.4, -0.2) is 97.2 Å². The molecule has 5 N–H and O–H groups in total. The van der Waals surface area contributed by atoms with Crippen molar-refractivity contribution >= 4 is 17.7 Å². The number of carbonyl (C=O) groups is 3. The molecule has 4 aliphatic rings. The summed E-state index contributed by atoms with van der Waals surface area (Å²) in [7, 11) is 0. The summed E-state index contributed by atoms with van der Waals surface area (Å²) in [6.07, 6.45) is -8.99. The summed E-state index contributed by atoms with van der Waals surface area (Å²) in [6.45, 7) is 6.64. The van der Waals surface area contributed by atoms with Crippen molar-refractivity contribution in [2.75, 3.05) is 6.61 Å². The smallest absolute Gasteiger partial charge is 0.338 e. The quantitative estimate of drug-likeness (QED) is 0.252. The van der Waals surface area contributed by atoms with Crippen molar-refractivity contribution in [3.8, 4) is 0 Å². The number of hydrogen-bond acceptors (Lipinski definition) is 11. The third-order valence-electron chi connectivity index (χ3n) is 10.2. The predicted octanol–water partition coefficient (Wildman–Crippen LogP) is 0.197. The second-order valence-electron chi connectivity index (χ2n) is 12.3. The van der Waals surface area contributed by atoms with E-state index in [0.29, 0.717) is 0 Å². The number of aliphatic hydroxyl groups excluding tert-OH is 3. The van der Waals surface area contributed by atoms with Crippen LogP contribution in [0.3, 0.4) is 0 Å². The van der Waals surface area contributed by atoms with E-state index < -0.39 is 82.3 Å². The zero-order chi connectivity index (χ0) is 29.6. The molecule has 1 heterocycles. The normalized spacial score (nSPS) is 43.9. The Hall–Kier alpha value is -2.67. The molecule has 218 valence electrons. The van der Waals surface area contributed by atoms with Gasteiger partial charge in [-0.25, -0.2) is 4.79 Å². The number of rotatable bonds is 3. The summed E-state index contributed by atoms with van der Waals surface area (Å²) >= 11 is 0. The Morgan fingerprint density at radius 1 is 1.05 bits per heavy atom. The standard InChI is InChI=1S/C29H36O11/c1-14-17(31)12-27(36)24(39-23(35)16-9-7-6-8-10-16)26(5)28(40-15(2)30)13-38-19(28)11-18(32)29(26,37)22(34)21(33)20(14)25(27,3)4/h6-10,17-19,21,24,31-33,36-37H,11-13H2,1-5H3/t17-,18-,19+,21+,24-,26+,27+,28-,29+/m0/s1. The van der Waals surface area contributed by atoms with Crippen LogP contribution in [0.4, 0.5) is 0 Å². The molecule has 0 radical (unpaired) electrons. The molecule has 3 fully saturated rings. The minimum absolute atomic E-state index is 0.0595. The molecule has 40 heavy (non-hydrogen) atoms. The third-order valence-corrected chi connectivity index (χ3v) is 10.2. The van der Waals surface area contributed by atoms with Gasteiger partial charge in [0, 0.05) is 25.2 Å². The number of fused-ring (bicyclic) bond motifs is 5. The average Bonchev–Trinajstić information content (AvgIpc) is 2.89. The van der Waals surface area contributed by atoms with Crippen LogP contribution in [0.5, 0.6) is 0 Å². The number of ketones is 1. The molecule has 11 nitrogen and oxygen atoms in total. The molecule has 0 amide bonds. The SMILES string of the molecule is CC(=O)O[C@@]12CO[C@@H]1C[C@H](O)[C@@]1(O)C(=O)[C@H](O)C3=C(C)[C@@H](O)C[C@@](O)([C@@H](OC(=O)c4ccccc4)[C@]21C)C3(C)C. The maximum Gasteiger partial charge on any atom is 0.338 e. The number of Topliss-reactive ketones (excluding diaryl/α,β-unsaturated/α-hetero) is 1. The van der Waals surface area contributed by atoms with Crippen LogP contribution in [-0.2, 0) is 23.8 Å². The molecule has 1 saturated heterocycles. The predicted molar refractivity (Wildman–Crippen MR) is 137 cm³/mol. The van der Waals surface area contributed by atoms with E-state index in [1.807, 2.05) is 0 Å². The molecule has 11 heteroatoms. The van der Waals surface area contributed by atoms with E-state index in [0.717, 1.165) is 6.92 Å². The van der Waals surface area contributed by atoms with E-state index in [9.17, 15) is 39.9 Å². The molecule has 2 saturated carbocycles. The zero-order valence-electron chi connectivity index (χ0n) is 23.1. The molecule has 1 aliphatic heterocycles. The number of esters is 2. The Labute approximate surface area is 231 Å². The number of ether oxygens (including phenoxy) is 3. The lowest BCUT2D eigenvalue weighted by molar-refractivity contribution is -0.391. The topological polar surface area (TPSA) is 180 Å². The van der Waals surface area contributed by atoms with Crippen LogP contribution >= 0.6 is 0 Å². The molecule has 0 unspecified atom stereocenters. The lowest BCUT2D eigenvalue weighted by Gasteiger charge is -2.71. The van der Waals surface area contributed by atoms with Gasteiger partial charge in [-0.2, -0.15) is 0 Å². The third kappa shape index (κ3) is 3.30. The maximum absolute atomic E-state index is 14.2.